The molecule has 0 aliphatic carbocycles. The number of hydrogen-bond acceptors (Lipinski definition) is 4. The lowest BCUT2D eigenvalue weighted by Gasteiger charge is -2.11. The Balaban J connectivity index is 2.15. The molecule has 2 rings (SSSR count). The number of rotatable bonds is 5. The van der Waals surface area contributed by atoms with E-state index in [1.54, 1.807) is 31.4 Å². The monoisotopic (exact) mass is 286 g/mol. The maximum atomic E-state index is 12.3. The van der Waals surface area contributed by atoms with E-state index >= 15 is 0 Å². The normalized spacial score (nSPS) is 10.0. The Hall–Kier alpha value is -2.69. The van der Waals surface area contributed by atoms with Crippen LogP contribution in [0.2, 0.25) is 0 Å². The molecule has 2 aromatic rings. The zero-order valence-corrected chi connectivity index (χ0v) is 12.1. The Labute approximate surface area is 123 Å². The van der Waals surface area contributed by atoms with Crippen LogP contribution in [0.25, 0.3) is 0 Å². The van der Waals surface area contributed by atoms with Gasteiger partial charge in [0.15, 0.2) is 0 Å². The van der Waals surface area contributed by atoms with Gasteiger partial charge in [-0.05, 0) is 29.8 Å². The number of nitrogen functional groups attached to an aromatic ring is 1. The number of methoxy groups -OCH3 is 2. The van der Waals surface area contributed by atoms with E-state index in [0.29, 0.717) is 29.3 Å². The number of benzene rings is 2. The van der Waals surface area contributed by atoms with Gasteiger partial charge in [-0.25, -0.2) is 0 Å². The summed E-state index contributed by atoms with van der Waals surface area (Å²) >= 11 is 0. The third-order valence-electron chi connectivity index (χ3n) is 3.15. The van der Waals surface area contributed by atoms with Crippen molar-refractivity contribution in [3.05, 3.63) is 53.6 Å². The third kappa shape index (κ3) is 3.45. The fourth-order valence-electron chi connectivity index (χ4n) is 1.96. The Kier molecular flexibility index (Phi) is 4.66. The van der Waals surface area contributed by atoms with Gasteiger partial charge in [0.05, 0.1) is 19.8 Å². The standard InChI is InChI=1S/C16H18N2O3/c1-20-12-7-8-15(21-2)13(9-12)16(19)18-10-11-5-3-4-6-14(11)17/h3-9H,10,17H2,1-2H3,(H,18,19). The van der Waals surface area contributed by atoms with E-state index in [0.717, 1.165) is 5.56 Å². The van der Waals surface area contributed by atoms with Gasteiger partial charge in [-0.15, -0.1) is 0 Å². The number of anilines is 1. The molecule has 0 aromatic heterocycles. The third-order valence-corrected chi connectivity index (χ3v) is 3.15. The molecule has 3 N–H and O–H groups in total. The Morgan fingerprint density at radius 2 is 1.90 bits per heavy atom. The van der Waals surface area contributed by atoms with Gasteiger partial charge in [0.2, 0.25) is 0 Å². The van der Waals surface area contributed by atoms with E-state index in [1.165, 1.54) is 7.11 Å². The van der Waals surface area contributed by atoms with E-state index < -0.39 is 0 Å². The van der Waals surface area contributed by atoms with Gasteiger partial charge in [0, 0.05) is 12.2 Å². The maximum Gasteiger partial charge on any atom is 0.255 e. The van der Waals surface area contributed by atoms with Gasteiger partial charge < -0.3 is 20.5 Å². The predicted molar refractivity (Wildman–Crippen MR) is 81.6 cm³/mol. The Bertz CT molecular complexity index is 641. The predicted octanol–water partition coefficient (Wildman–Crippen LogP) is 2.22. The van der Waals surface area contributed by atoms with Crippen LogP contribution in [0.4, 0.5) is 5.69 Å². The first kappa shape index (κ1) is 14.7. The zero-order chi connectivity index (χ0) is 15.2. The van der Waals surface area contributed by atoms with E-state index in [4.69, 9.17) is 15.2 Å². The molecule has 0 atom stereocenters. The van der Waals surface area contributed by atoms with Crippen LogP contribution >= 0.6 is 0 Å². The highest BCUT2D eigenvalue weighted by molar-refractivity contribution is 5.97. The summed E-state index contributed by atoms with van der Waals surface area (Å²) in [5.74, 6) is 0.850. The highest BCUT2D eigenvalue weighted by Crippen LogP contribution is 2.24. The molecule has 0 saturated carbocycles. The molecule has 0 bridgehead atoms. The lowest BCUT2D eigenvalue weighted by atomic mass is 10.1. The molecule has 0 heterocycles. The average molecular weight is 286 g/mol. The molecule has 5 nitrogen and oxygen atoms in total. The minimum absolute atomic E-state index is 0.242. The number of amides is 1. The van der Waals surface area contributed by atoms with Gasteiger partial charge >= 0.3 is 0 Å². The van der Waals surface area contributed by atoms with Gasteiger partial charge in [0.25, 0.3) is 5.91 Å². The Morgan fingerprint density at radius 3 is 2.57 bits per heavy atom. The maximum absolute atomic E-state index is 12.3. The first-order valence-corrected chi connectivity index (χ1v) is 6.49. The summed E-state index contributed by atoms with van der Waals surface area (Å²) in [6.07, 6.45) is 0. The second-order valence-electron chi connectivity index (χ2n) is 4.45. The van der Waals surface area contributed by atoms with Gasteiger partial charge in [0.1, 0.15) is 11.5 Å². The largest absolute Gasteiger partial charge is 0.497 e. The molecular formula is C16H18N2O3. The highest BCUT2D eigenvalue weighted by atomic mass is 16.5. The van der Waals surface area contributed by atoms with Crippen molar-refractivity contribution < 1.29 is 14.3 Å². The van der Waals surface area contributed by atoms with Crippen molar-refractivity contribution in [2.24, 2.45) is 0 Å². The van der Waals surface area contributed by atoms with Crippen molar-refractivity contribution in [1.29, 1.82) is 0 Å². The number of carbonyl (C=O) groups is 1. The molecule has 0 radical (unpaired) electrons. The lowest BCUT2D eigenvalue weighted by molar-refractivity contribution is 0.0947. The molecular weight excluding hydrogens is 268 g/mol. The highest BCUT2D eigenvalue weighted by Gasteiger charge is 2.13. The Morgan fingerprint density at radius 1 is 1.14 bits per heavy atom. The summed E-state index contributed by atoms with van der Waals surface area (Å²) in [5, 5.41) is 2.83. The molecule has 5 heteroatoms. The van der Waals surface area contributed by atoms with Crippen LogP contribution in [-0.2, 0) is 6.54 Å². The summed E-state index contributed by atoms with van der Waals surface area (Å²) in [7, 11) is 3.07. The second kappa shape index (κ2) is 6.65. The van der Waals surface area contributed by atoms with Crippen LogP contribution in [0.3, 0.4) is 0 Å². The van der Waals surface area contributed by atoms with Gasteiger partial charge in [-0.3, -0.25) is 4.79 Å². The summed E-state index contributed by atoms with van der Waals surface area (Å²) in [6.45, 7) is 0.353. The number of hydrogen-bond donors (Lipinski definition) is 2. The zero-order valence-electron chi connectivity index (χ0n) is 12.1. The van der Waals surface area contributed by atoms with Crippen LogP contribution in [0, 0.1) is 0 Å². The lowest BCUT2D eigenvalue weighted by Crippen LogP contribution is -2.23. The molecule has 0 spiro atoms. The molecule has 0 fully saturated rings. The molecule has 0 aliphatic heterocycles. The summed E-state index contributed by atoms with van der Waals surface area (Å²) < 4.78 is 10.3. The number of para-hydroxylation sites is 1. The van der Waals surface area contributed by atoms with E-state index in [-0.39, 0.29) is 5.91 Å². The minimum atomic E-state index is -0.242. The SMILES string of the molecule is COc1ccc(OC)c(C(=O)NCc2ccccc2N)c1. The van der Waals surface area contributed by atoms with Crippen molar-refractivity contribution in [2.45, 2.75) is 6.54 Å². The van der Waals surface area contributed by atoms with Crippen LogP contribution in [0.15, 0.2) is 42.5 Å². The number of nitrogens with one attached hydrogen (secondary N) is 1. The van der Waals surface area contributed by atoms with Crippen molar-refractivity contribution >= 4 is 11.6 Å². The molecule has 1 amide bonds. The number of carbonyl (C=O) groups excluding carboxylic acids is 1. The van der Waals surface area contributed by atoms with Crippen LogP contribution in [0.1, 0.15) is 15.9 Å². The first-order chi connectivity index (χ1) is 10.2. The van der Waals surface area contributed by atoms with E-state index in [1.807, 2.05) is 18.2 Å². The van der Waals surface area contributed by atoms with Crippen molar-refractivity contribution in [3.8, 4) is 11.5 Å². The molecule has 2 aromatic carbocycles. The molecule has 0 unspecified atom stereocenters. The van der Waals surface area contributed by atoms with Crippen molar-refractivity contribution in [3.63, 3.8) is 0 Å². The fraction of sp³-hybridized carbons (Fsp3) is 0.188. The van der Waals surface area contributed by atoms with Crippen LogP contribution in [0.5, 0.6) is 11.5 Å². The number of nitrogens with two attached hydrogens (primary N) is 1. The summed E-state index contributed by atoms with van der Waals surface area (Å²) in [6, 6.07) is 12.5. The van der Waals surface area contributed by atoms with E-state index in [9.17, 15) is 4.79 Å². The van der Waals surface area contributed by atoms with Crippen molar-refractivity contribution in [1.82, 2.24) is 5.32 Å². The molecule has 0 aliphatic rings. The van der Waals surface area contributed by atoms with E-state index in [2.05, 4.69) is 5.32 Å². The smallest absolute Gasteiger partial charge is 0.255 e. The first-order valence-electron chi connectivity index (χ1n) is 6.49. The molecule has 0 saturated heterocycles. The second-order valence-corrected chi connectivity index (χ2v) is 4.45. The van der Waals surface area contributed by atoms with Crippen molar-refractivity contribution in [2.75, 3.05) is 20.0 Å². The van der Waals surface area contributed by atoms with Crippen LogP contribution in [-0.4, -0.2) is 20.1 Å². The quantitative estimate of drug-likeness (QED) is 0.827. The average Bonchev–Trinajstić information content (AvgIpc) is 2.53. The van der Waals surface area contributed by atoms with Crippen LogP contribution < -0.4 is 20.5 Å². The topological polar surface area (TPSA) is 73.6 Å². The van der Waals surface area contributed by atoms with Gasteiger partial charge in [-0.2, -0.15) is 0 Å². The van der Waals surface area contributed by atoms with Gasteiger partial charge in [-0.1, -0.05) is 18.2 Å². The molecule has 110 valence electrons. The number of ether oxygens (including phenoxy) is 2. The molecule has 21 heavy (non-hydrogen) atoms. The fourth-order valence-corrected chi connectivity index (χ4v) is 1.96. The summed E-state index contributed by atoms with van der Waals surface area (Å²) in [4.78, 5) is 12.3. The summed E-state index contributed by atoms with van der Waals surface area (Å²) in [5.41, 5.74) is 7.79. The minimum Gasteiger partial charge on any atom is -0.497 e.